The minimum atomic E-state index is -1.20. The lowest BCUT2D eigenvalue weighted by Gasteiger charge is -2.28. The Labute approximate surface area is 105 Å². The molecule has 0 saturated carbocycles. The zero-order valence-corrected chi connectivity index (χ0v) is 10.4. The van der Waals surface area contributed by atoms with E-state index in [-0.39, 0.29) is 5.91 Å². The molecule has 100 valence electrons. The SMILES string of the molecule is CO/N=C/C1=CCCN(C(=O)C(C)NC(=O)O)C1. The minimum Gasteiger partial charge on any atom is -0.465 e. The predicted molar refractivity (Wildman–Crippen MR) is 65.4 cm³/mol. The van der Waals surface area contributed by atoms with Gasteiger partial charge in [0.1, 0.15) is 13.2 Å². The number of carbonyl (C=O) groups is 2. The van der Waals surface area contributed by atoms with Gasteiger partial charge in [-0.2, -0.15) is 0 Å². The zero-order valence-electron chi connectivity index (χ0n) is 10.4. The maximum absolute atomic E-state index is 12.0. The summed E-state index contributed by atoms with van der Waals surface area (Å²) in [7, 11) is 1.45. The van der Waals surface area contributed by atoms with Gasteiger partial charge in [0.05, 0.1) is 6.21 Å². The molecule has 18 heavy (non-hydrogen) atoms. The van der Waals surface area contributed by atoms with E-state index in [0.717, 1.165) is 12.0 Å². The third-order valence-corrected chi connectivity index (χ3v) is 2.52. The molecule has 0 aromatic rings. The van der Waals surface area contributed by atoms with Gasteiger partial charge in [0, 0.05) is 13.1 Å². The van der Waals surface area contributed by atoms with Crippen LogP contribution in [0.1, 0.15) is 13.3 Å². The third kappa shape index (κ3) is 4.08. The number of hydrogen-bond donors (Lipinski definition) is 2. The highest BCUT2D eigenvalue weighted by Crippen LogP contribution is 2.09. The summed E-state index contributed by atoms with van der Waals surface area (Å²) in [6.45, 7) is 2.52. The minimum absolute atomic E-state index is 0.242. The maximum Gasteiger partial charge on any atom is 0.405 e. The Bertz CT molecular complexity index is 378. The lowest BCUT2D eigenvalue weighted by molar-refractivity contribution is -0.132. The second kappa shape index (κ2) is 6.63. The van der Waals surface area contributed by atoms with Crippen molar-refractivity contribution in [1.82, 2.24) is 10.2 Å². The molecule has 0 bridgehead atoms. The topological polar surface area (TPSA) is 91.2 Å². The van der Waals surface area contributed by atoms with Crippen LogP contribution in [0.25, 0.3) is 0 Å². The average molecular weight is 255 g/mol. The first-order valence-corrected chi connectivity index (χ1v) is 5.58. The van der Waals surface area contributed by atoms with E-state index < -0.39 is 12.1 Å². The Morgan fingerprint density at radius 3 is 3.00 bits per heavy atom. The highest BCUT2D eigenvalue weighted by Gasteiger charge is 2.23. The van der Waals surface area contributed by atoms with Crippen LogP contribution in [0.15, 0.2) is 16.8 Å². The number of nitrogens with zero attached hydrogens (tertiary/aromatic N) is 2. The largest absolute Gasteiger partial charge is 0.465 e. The highest BCUT2D eigenvalue weighted by molar-refractivity contribution is 5.87. The van der Waals surface area contributed by atoms with Crippen LogP contribution < -0.4 is 5.32 Å². The lowest BCUT2D eigenvalue weighted by atomic mass is 10.1. The number of nitrogens with one attached hydrogen (secondary N) is 1. The molecule has 7 heteroatoms. The number of rotatable bonds is 4. The molecule has 0 aromatic heterocycles. The fourth-order valence-corrected chi connectivity index (χ4v) is 1.69. The monoisotopic (exact) mass is 255 g/mol. The molecule has 1 aliphatic heterocycles. The number of carboxylic acid groups (broad SMARTS) is 1. The van der Waals surface area contributed by atoms with E-state index in [0.29, 0.717) is 13.1 Å². The summed E-state index contributed by atoms with van der Waals surface area (Å²) in [5, 5.41) is 14.4. The molecule has 7 nitrogen and oxygen atoms in total. The normalized spacial score (nSPS) is 17.2. The molecular weight excluding hydrogens is 238 g/mol. The van der Waals surface area contributed by atoms with Crippen molar-refractivity contribution < 1.29 is 19.5 Å². The fourth-order valence-electron chi connectivity index (χ4n) is 1.69. The van der Waals surface area contributed by atoms with Crippen LogP contribution >= 0.6 is 0 Å². The number of amides is 2. The molecule has 1 unspecified atom stereocenters. The van der Waals surface area contributed by atoms with E-state index in [4.69, 9.17) is 5.11 Å². The molecule has 0 aliphatic carbocycles. The van der Waals surface area contributed by atoms with Crippen LogP contribution in [0.4, 0.5) is 4.79 Å². The third-order valence-electron chi connectivity index (χ3n) is 2.52. The van der Waals surface area contributed by atoms with Crippen molar-refractivity contribution in [3.63, 3.8) is 0 Å². The van der Waals surface area contributed by atoms with Crippen LogP contribution in [-0.2, 0) is 9.63 Å². The summed E-state index contributed by atoms with van der Waals surface area (Å²) in [5.74, 6) is -0.242. The quantitative estimate of drug-likeness (QED) is 0.563. The van der Waals surface area contributed by atoms with Gasteiger partial charge in [-0.25, -0.2) is 4.79 Å². The number of oxime groups is 1. The van der Waals surface area contributed by atoms with Crippen molar-refractivity contribution >= 4 is 18.2 Å². The molecule has 2 amide bonds. The van der Waals surface area contributed by atoms with Crippen molar-refractivity contribution in [3.05, 3.63) is 11.6 Å². The second-order valence-electron chi connectivity index (χ2n) is 3.92. The first kappa shape index (κ1) is 14.0. The van der Waals surface area contributed by atoms with E-state index in [1.54, 1.807) is 11.1 Å². The van der Waals surface area contributed by atoms with Crippen molar-refractivity contribution in [3.8, 4) is 0 Å². The van der Waals surface area contributed by atoms with Gasteiger partial charge in [-0.05, 0) is 18.9 Å². The molecule has 0 saturated heterocycles. The Morgan fingerprint density at radius 2 is 2.39 bits per heavy atom. The summed E-state index contributed by atoms with van der Waals surface area (Å²) < 4.78 is 0. The Kier molecular flexibility index (Phi) is 5.16. The van der Waals surface area contributed by atoms with E-state index in [1.165, 1.54) is 14.0 Å². The van der Waals surface area contributed by atoms with Gasteiger partial charge in [0.2, 0.25) is 5.91 Å². The fraction of sp³-hybridized carbons (Fsp3) is 0.545. The molecule has 2 N–H and O–H groups in total. The van der Waals surface area contributed by atoms with Gasteiger partial charge >= 0.3 is 6.09 Å². The molecule has 0 spiro atoms. The molecule has 0 radical (unpaired) electrons. The summed E-state index contributed by atoms with van der Waals surface area (Å²) in [6, 6.07) is -0.749. The lowest BCUT2D eigenvalue weighted by Crippen LogP contribution is -2.48. The Morgan fingerprint density at radius 1 is 1.67 bits per heavy atom. The second-order valence-corrected chi connectivity index (χ2v) is 3.92. The molecule has 1 aliphatic rings. The van der Waals surface area contributed by atoms with Gasteiger partial charge in [-0.15, -0.1) is 0 Å². The van der Waals surface area contributed by atoms with E-state index in [1.807, 2.05) is 6.08 Å². The molecule has 1 rings (SSSR count). The van der Waals surface area contributed by atoms with Crippen molar-refractivity contribution in [1.29, 1.82) is 0 Å². The first-order valence-electron chi connectivity index (χ1n) is 5.58. The first-order chi connectivity index (χ1) is 8.54. The number of carbonyl (C=O) groups excluding carboxylic acids is 1. The molecule has 1 atom stereocenters. The van der Waals surface area contributed by atoms with Crippen molar-refractivity contribution in [2.24, 2.45) is 5.16 Å². The van der Waals surface area contributed by atoms with Crippen LogP contribution in [0.2, 0.25) is 0 Å². The van der Waals surface area contributed by atoms with Gasteiger partial charge in [0.25, 0.3) is 0 Å². The predicted octanol–water partition coefficient (Wildman–Crippen LogP) is 0.433. The maximum atomic E-state index is 12.0. The summed E-state index contributed by atoms with van der Waals surface area (Å²) in [5.41, 5.74) is 0.874. The van der Waals surface area contributed by atoms with Gasteiger partial charge in [0.15, 0.2) is 0 Å². The summed E-state index contributed by atoms with van der Waals surface area (Å²) >= 11 is 0. The van der Waals surface area contributed by atoms with Crippen LogP contribution in [0, 0.1) is 0 Å². The van der Waals surface area contributed by atoms with Crippen LogP contribution in [-0.4, -0.2) is 54.5 Å². The smallest absolute Gasteiger partial charge is 0.405 e. The molecular formula is C11H17N3O4. The van der Waals surface area contributed by atoms with Crippen LogP contribution in [0.3, 0.4) is 0 Å². The standard InChI is InChI=1S/C11H17N3O4/c1-8(13-11(16)17)10(15)14-5-3-4-9(7-14)6-12-18-2/h4,6,8,13H,3,5,7H2,1-2H3,(H,16,17)/b12-6+. The average Bonchev–Trinajstić information content (AvgIpc) is 2.35. The number of hydrogen-bond acceptors (Lipinski definition) is 4. The Balaban J connectivity index is 2.58. The molecule has 0 fully saturated rings. The van der Waals surface area contributed by atoms with E-state index in [9.17, 15) is 9.59 Å². The van der Waals surface area contributed by atoms with Crippen molar-refractivity contribution in [2.75, 3.05) is 20.2 Å². The van der Waals surface area contributed by atoms with Crippen molar-refractivity contribution in [2.45, 2.75) is 19.4 Å². The van der Waals surface area contributed by atoms with Gasteiger partial charge < -0.3 is 20.2 Å². The summed E-state index contributed by atoms with van der Waals surface area (Å²) in [4.78, 5) is 28.6. The van der Waals surface area contributed by atoms with E-state index in [2.05, 4.69) is 15.3 Å². The van der Waals surface area contributed by atoms with Gasteiger partial charge in [-0.1, -0.05) is 11.2 Å². The molecule has 0 aromatic carbocycles. The highest BCUT2D eigenvalue weighted by atomic mass is 16.6. The van der Waals surface area contributed by atoms with Crippen LogP contribution in [0.5, 0.6) is 0 Å². The van der Waals surface area contributed by atoms with E-state index >= 15 is 0 Å². The summed E-state index contributed by atoms with van der Waals surface area (Å²) in [6.07, 6.45) is 3.04. The Hall–Kier alpha value is -2.05. The zero-order chi connectivity index (χ0) is 13.5. The van der Waals surface area contributed by atoms with Gasteiger partial charge in [-0.3, -0.25) is 4.79 Å². The molecule has 1 heterocycles.